The van der Waals surface area contributed by atoms with E-state index in [9.17, 15) is 13.2 Å². The molecule has 2 bridgehead atoms. The minimum atomic E-state index is -4.05. The highest BCUT2D eigenvalue weighted by molar-refractivity contribution is 9.10. The molecule has 100 valence electrons. The Morgan fingerprint density at radius 3 is 2.35 bits per heavy atom. The molecule has 0 aliphatic heterocycles. The Morgan fingerprint density at radius 1 is 1.47 bits per heavy atom. The van der Waals surface area contributed by atoms with E-state index in [4.69, 9.17) is 4.55 Å². The summed E-state index contributed by atoms with van der Waals surface area (Å²) < 4.78 is 31.2. The molecule has 4 atom stereocenters. The number of carbonyl (C=O) groups excluding carboxylic acids is 1. The summed E-state index contributed by atoms with van der Waals surface area (Å²) in [4.78, 5) is 11.8. The second kappa shape index (κ2) is 4.01. The Hall–Kier alpha value is 0.0200. The fourth-order valence-corrected chi connectivity index (χ4v) is 6.11. The van der Waals surface area contributed by atoms with Gasteiger partial charge in [-0.2, -0.15) is 8.42 Å². The molecule has 0 radical (unpaired) electrons. The lowest BCUT2D eigenvalue weighted by Crippen LogP contribution is -2.40. The normalized spacial score (nSPS) is 44.8. The zero-order valence-electron chi connectivity index (χ0n) is 9.94. The van der Waals surface area contributed by atoms with Gasteiger partial charge in [-0.05, 0) is 18.8 Å². The number of hydrogen-bond donors (Lipinski definition) is 2. The van der Waals surface area contributed by atoms with Gasteiger partial charge in [0.2, 0.25) is 0 Å². The molecule has 2 rings (SSSR count). The summed E-state index contributed by atoms with van der Waals surface area (Å²) >= 11 is 3.35. The molecule has 17 heavy (non-hydrogen) atoms. The number of halogens is 1. The second-order valence-corrected chi connectivity index (χ2v) is 7.83. The molecular weight excluding hydrogens is 310 g/mol. The summed E-state index contributed by atoms with van der Waals surface area (Å²) in [7, 11) is -4.05. The van der Waals surface area contributed by atoms with Crippen LogP contribution >= 0.6 is 15.9 Å². The van der Waals surface area contributed by atoms with Gasteiger partial charge in [0.25, 0.3) is 10.1 Å². The topological polar surface area (TPSA) is 106 Å². The van der Waals surface area contributed by atoms with Crippen molar-refractivity contribution in [1.82, 2.24) is 6.15 Å². The van der Waals surface area contributed by atoms with Crippen LogP contribution in [0.1, 0.15) is 26.7 Å². The summed E-state index contributed by atoms with van der Waals surface area (Å²) in [6.07, 6.45) is 1.55. The highest BCUT2D eigenvalue weighted by Gasteiger charge is 2.68. The van der Waals surface area contributed by atoms with Gasteiger partial charge in [-0.15, -0.1) is 0 Å². The molecule has 0 amide bonds. The first kappa shape index (κ1) is 15.1. The van der Waals surface area contributed by atoms with Gasteiger partial charge in [-0.25, -0.2) is 0 Å². The van der Waals surface area contributed by atoms with Crippen molar-refractivity contribution in [1.29, 1.82) is 0 Å². The Labute approximate surface area is 110 Å². The average Bonchev–Trinajstić information content (AvgIpc) is 2.40. The fraction of sp³-hybridized carbons (Fsp3) is 0.900. The maximum absolute atomic E-state index is 12.1. The molecule has 5 nitrogen and oxygen atoms in total. The van der Waals surface area contributed by atoms with Gasteiger partial charge >= 0.3 is 0 Å². The quantitative estimate of drug-likeness (QED) is 0.594. The molecule has 2 fully saturated rings. The molecule has 2 saturated carbocycles. The lowest BCUT2D eigenvalue weighted by atomic mass is 9.70. The summed E-state index contributed by atoms with van der Waals surface area (Å²) in [5.74, 6) is -0.239. The van der Waals surface area contributed by atoms with E-state index in [1.165, 1.54) is 0 Å². The van der Waals surface area contributed by atoms with E-state index in [1.807, 2.05) is 6.92 Å². The number of Topliss-reactive ketones (excluding diaryl/α,β-unsaturated/α-hetero) is 1. The summed E-state index contributed by atoms with van der Waals surface area (Å²) in [5.41, 5.74) is -1.27. The monoisotopic (exact) mass is 327 g/mol. The predicted molar refractivity (Wildman–Crippen MR) is 68.1 cm³/mol. The minimum Gasteiger partial charge on any atom is -0.344 e. The molecular formula is C10H18BrNO4S. The van der Waals surface area contributed by atoms with Crippen molar-refractivity contribution in [3.8, 4) is 0 Å². The summed E-state index contributed by atoms with van der Waals surface area (Å²) in [5, 5.41) is 0. The van der Waals surface area contributed by atoms with Crippen molar-refractivity contribution in [3.63, 3.8) is 0 Å². The van der Waals surface area contributed by atoms with E-state index in [0.717, 1.165) is 6.42 Å². The third kappa shape index (κ3) is 1.87. The van der Waals surface area contributed by atoms with Gasteiger partial charge in [-0.1, -0.05) is 29.8 Å². The molecule has 7 heteroatoms. The van der Waals surface area contributed by atoms with Gasteiger partial charge in [0.1, 0.15) is 0 Å². The van der Waals surface area contributed by atoms with E-state index in [0.29, 0.717) is 6.42 Å². The zero-order valence-corrected chi connectivity index (χ0v) is 12.3. The van der Waals surface area contributed by atoms with Crippen LogP contribution in [-0.4, -0.2) is 29.3 Å². The van der Waals surface area contributed by atoms with Crippen molar-refractivity contribution in [3.05, 3.63) is 0 Å². The van der Waals surface area contributed by atoms with Crippen LogP contribution in [0.4, 0.5) is 0 Å². The average molecular weight is 328 g/mol. The number of ketones is 1. The number of alkyl halides is 1. The minimum absolute atomic E-state index is 0. The van der Waals surface area contributed by atoms with Gasteiger partial charge in [0, 0.05) is 10.8 Å². The lowest BCUT2D eigenvalue weighted by molar-refractivity contribution is -0.127. The first-order chi connectivity index (χ1) is 7.12. The molecule has 0 aromatic heterocycles. The van der Waals surface area contributed by atoms with Crippen LogP contribution in [0.25, 0.3) is 0 Å². The molecule has 0 unspecified atom stereocenters. The Balaban J connectivity index is 0.00000144. The second-order valence-electron chi connectivity index (χ2n) is 5.39. The van der Waals surface area contributed by atoms with Crippen molar-refractivity contribution >= 4 is 31.8 Å². The van der Waals surface area contributed by atoms with Gasteiger partial charge in [0.05, 0.1) is 10.6 Å². The van der Waals surface area contributed by atoms with E-state index < -0.39 is 20.9 Å². The van der Waals surface area contributed by atoms with Crippen molar-refractivity contribution < 1.29 is 17.8 Å². The maximum Gasteiger partial charge on any atom is 0.265 e. The molecule has 2 aliphatic carbocycles. The van der Waals surface area contributed by atoms with E-state index in [2.05, 4.69) is 15.9 Å². The van der Waals surface area contributed by atoms with Crippen LogP contribution in [-0.2, 0) is 14.9 Å². The van der Waals surface area contributed by atoms with Crippen molar-refractivity contribution in [2.45, 2.75) is 31.5 Å². The molecule has 2 aliphatic rings. The Kier molecular flexibility index (Phi) is 3.56. The zero-order chi connectivity index (χ0) is 12.4. The molecule has 0 spiro atoms. The number of rotatable bonds is 2. The number of hydrogen-bond acceptors (Lipinski definition) is 4. The van der Waals surface area contributed by atoms with Crippen molar-refractivity contribution in [2.24, 2.45) is 16.7 Å². The van der Waals surface area contributed by atoms with Crippen LogP contribution < -0.4 is 6.15 Å². The van der Waals surface area contributed by atoms with Crippen LogP contribution in [0.5, 0.6) is 0 Å². The fourth-order valence-electron chi connectivity index (χ4n) is 3.46. The van der Waals surface area contributed by atoms with Crippen LogP contribution in [0, 0.1) is 16.7 Å². The van der Waals surface area contributed by atoms with Crippen LogP contribution in [0.3, 0.4) is 0 Å². The van der Waals surface area contributed by atoms with E-state index >= 15 is 0 Å². The Bertz CT molecular complexity index is 451. The highest BCUT2D eigenvalue weighted by atomic mass is 79.9. The summed E-state index contributed by atoms with van der Waals surface area (Å²) in [6, 6.07) is 0. The molecule has 4 N–H and O–H groups in total. The highest BCUT2D eigenvalue weighted by Crippen LogP contribution is 2.65. The largest absolute Gasteiger partial charge is 0.344 e. The molecule has 0 aromatic rings. The maximum atomic E-state index is 12.1. The first-order valence-electron chi connectivity index (χ1n) is 5.25. The lowest BCUT2D eigenvalue weighted by Gasteiger charge is -2.35. The SMILES string of the molecule is C[C@@]12CC[C@@H]([C@@H](Br)C1=O)[C@@]2(C)CS(=O)(=O)O.N. The number of fused-ring (bicyclic) bond motifs is 2. The van der Waals surface area contributed by atoms with Crippen LogP contribution in [0.2, 0.25) is 0 Å². The van der Waals surface area contributed by atoms with E-state index in [-0.39, 0.29) is 28.4 Å². The van der Waals surface area contributed by atoms with Crippen molar-refractivity contribution in [2.75, 3.05) is 5.75 Å². The van der Waals surface area contributed by atoms with Crippen LogP contribution in [0.15, 0.2) is 0 Å². The molecule has 0 heterocycles. The van der Waals surface area contributed by atoms with E-state index in [1.54, 1.807) is 6.92 Å². The standard InChI is InChI=1S/C10H15BrO4S.H3N/c1-9-4-3-6(7(11)8(9)12)10(9,2)5-16(13,14)15;/h6-7H,3-5H2,1-2H3,(H,13,14,15);1H3/t6-,7+,9+,10+;/m0./s1. The van der Waals surface area contributed by atoms with Gasteiger partial charge in [0.15, 0.2) is 5.78 Å². The molecule has 0 aromatic carbocycles. The van der Waals surface area contributed by atoms with Gasteiger partial charge < -0.3 is 6.15 Å². The summed E-state index contributed by atoms with van der Waals surface area (Å²) in [6.45, 7) is 3.62. The Morgan fingerprint density at radius 2 is 2.00 bits per heavy atom. The predicted octanol–water partition coefficient (Wildman–Crippen LogP) is 1.80. The third-order valence-corrected chi connectivity index (χ3v) is 6.68. The first-order valence-corrected chi connectivity index (χ1v) is 7.78. The smallest absolute Gasteiger partial charge is 0.265 e. The third-order valence-electron chi connectivity index (χ3n) is 4.66. The molecule has 0 saturated heterocycles. The van der Waals surface area contributed by atoms with Gasteiger partial charge in [-0.3, -0.25) is 9.35 Å². The number of carbonyl (C=O) groups is 1.